The van der Waals surface area contributed by atoms with Crippen molar-refractivity contribution in [3.8, 4) is 6.07 Å². The van der Waals surface area contributed by atoms with Crippen molar-refractivity contribution in [2.75, 3.05) is 0 Å². The minimum absolute atomic E-state index is 0.417. The zero-order valence-electron chi connectivity index (χ0n) is 14.5. The number of rotatable bonds is 2. The summed E-state index contributed by atoms with van der Waals surface area (Å²) in [6.07, 6.45) is 0. The van der Waals surface area contributed by atoms with E-state index in [4.69, 9.17) is 16.3 Å². The molecule has 24 heavy (non-hydrogen) atoms. The molecule has 5 heteroatoms. The van der Waals surface area contributed by atoms with Gasteiger partial charge in [0.15, 0.2) is 0 Å². The Kier molecular flexibility index (Phi) is 5.05. The van der Waals surface area contributed by atoms with Gasteiger partial charge in [-0.1, -0.05) is 29.8 Å². The van der Waals surface area contributed by atoms with Crippen molar-refractivity contribution in [3.63, 3.8) is 0 Å². The molecule has 0 saturated carbocycles. The third-order valence-corrected chi connectivity index (χ3v) is 4.06. The molecule has 1 heterocycles. The van der Waals surface area contributed by atoms with E-state index in [2.05, 4.69) is 11.4 Å². The van der Waals surface area contributed by atoms with E-state index in [1.54, 1.807) is 13.0 Å². The summed E-state index contributed by atoms with van der Waals surface area (Å²) < 4.78 is 5.56. The normalized spacial score (nSPS) is 18.1. The minimum atomic E-state index is -0.627. The van der Waals surface area contributed by atoms with E-state index < -0.39 is 17.5 Å². The number of carbonyl (C=O) groups excluding carboxylic acids is 1. The second kappa shape index (κ2) is 6.70. The minimum Gasteiger partial charge on any atom is -0.457 e. The SMILES string of the molecule is CC1=C(C#N)C(c2ccccc2Cl)C(C(=O)OC(C)(C)C)=C(C)N1. The highest BCUT2D eigenvalue weighted by Gasteiger charge is 2.36. The smallest absolute Gasteiger partial charge is 0.337 e. The van der Waals surface area contributed by atoms with Gasteiger partial charge in [-0.15, -0.1) is 0 Å². The fourth-order valence-corrected chi connectivity index (χ4v) is 3.01. The maximum atomic E-state index is 12.8. The molecule has 1 aliphatic rings. The summed E-state index contributed by atoms with van der Waals surface area (Å²) in [6, 6.07) is 9.47. The Labute approximate surface area is 147 Å². The van der Waals surface area contributed by atoms with Crippen LogP contribution in [0.3, 0.4) is 0 Å². The monoisotopic (exact) mass is 344 g/mol. The molecule has 126 valence electrons. The van der Waals surface area contributed by atoms with Gasteiger partial charge in [0.05, 0.1) is 23.1 Å². The summed E-state index contributed by atoms with van der Waals surface area (Å²) in [4.78, 5) is 12.8. The molecule has 1 aliphatic heterocycles. The van der Waals surface area contributed by atoms with Crippen molar-refractivity contribution >= 4 is 17.6 Å². The van der Waals surface area contributed by atoms with Gasteiger partial charge in [-0.2, -0.15) is 5.26 Å². The van der Waals surface area contributed by atoms with Gasteiger partial charge in [0.1, 0.15) is 5.60 Å². The molecule has 0 aromatic heterocycles. The number of nitriles is 1. The molecular formula is C19H21ClN2O2. The molecule has 0 fully saturated rings. The molecule has 2 rings (SSSR count). The van der Waals surface area contributed by atoms with Crippen LogP contribution in [0, 0.1) is 11.3 Å². The van der Waals surface area contributed by atoms with Crippen LogP contribution in [0.2, 0.25) is 5.02 Å². The van der Waals surface area contributed by atoms with E-state index in [-0.39, 0.29) is 0 Å². The number of halogens is 1. The number of nitrogens with zero attached hydrogens (tertiary/aromatic N) is 1. The van der Waals surface area contributed by atoms with Crippen LogP contribution in [0.25, 0.3) is 0 Å². The van der Waals surface area contributed by atoms with Crippen LogP contribution in [0.15, 0.2) is 46.8 Å². The van der Waals surface area contributed by atoms with Gasteiger partial charge >= 0.3 is 5.97 Å². The van der Waals surface area contributed by atoms with Crippen LogP contribution in [0.4, 0.5) is 0 Å². The average molecular weight is 345 g/mol. The first kappa shape index (κ1) is 18.1. The maximum Gasteiger partial charge on any atom is 0.337 e. The Morgan fingerprint density at radius 1 is 1.25 bits per heavy atom. The van der Waals surface area contributed by atoms with Crippen LogP contribution < -0.4 is 5.32 Å². The third-order valence-electron chi connectivity index (χ3n) is 3.72. The molecule has 1 N–H and O–H groups in total. The molecule has 0 aliphatic carbocycles. The molecule has 0 spiro atoms. The molecule has 1 unspecified atom stereocenters. The van der Waals surface area contributed by atoms with Crippen LogP contribution in [-0.2, 0) is 9.53 Å². The zero-order valence-corrected chi connectivity index (χ0v) is 15.3. The Morgan fingerprint density at radius 3 is 2.42 bits per heavy atom. The molecule has 0 saturated heterocycles. The molecule has 1 aromatic carbocycles. The summed E-state index contributed by atoms with van der Waals surface area (Å²) in [5.41, 5.74) is 2.36. The lowest BCUT2D eigenvalue weighted by molar-refractivity contribution is -0.150. The van der Waals surface area contributed by atoms with Crippen LogP contribution in [-0.4, -0.2) is 11.6 Å². The Morgan fingerprint density at radius 2 is 1.88 bits per heavy atom. The van der Waals surface area contributed by atoms with Crippen molar-refractivity contribution in [2.24, 2.45) is 0 Å². The Balaban J connectivity index is 2.62. The van der Waals surface area contributed by atoms with E-state index >= 15 is 0 Å². The molecule has 0 radical (unpaired) electrons. The van der Waals surface area contributed by atoms with Crippen LogP contribution >= 0.6 is 11.6 Å². The van der Waals surface area contributed by atoms with Gasteiger partial charge in [0.25, 0.3) is 0 Å². The second-order valence-electron chi connectivity index (χ2n) is 6.77. The van der Waals surface area contributed by atoms with Crippen molar-refractivity contribution in [1.82, 2.24) is 5.32 Å². The van der Waals surface area contributed by atoms with Gasteiger partial charge in [-0.05, 0) is 46.2 Å². The van der Waals surface area contributed by atoms with Gasteiger partial charge in [0, 0.05) is 16.4 Å². The largest absolute Gasteiger partial charge is 0.457 e. The summed E-state index contributed by atoms with van der Waals surface area (Å²) in [7, 11) is 0. The fourth-order valence-electron chi connectivity index (χ4n) is 2.77. The predicted octanol–water partition coefficient (Wildman–Crippen LogP) is 4.44. The van der Waals surface area contributed by atoms with E-state index in [1.807, 2.05) is 45.9 Å². The van der Waals surface area contributed by atoms with E-state index in [0.717, 1.165) is 5.56 Å². The molecule has 4 nitrogen and oxygen atoms in total. The number of dihydropyridines is 1. The zero-order chi connectivity index (χ0) is 18.1. The average Bonchev–Trinajstić information content (AvgIpc) is 2.45. The van der Waals surface area contributed by atoms with E-state index in [1.165, 1.54) is 0 Å². The Bertz CT molecular complexity index is 779. The lowest BCUT2D eigenvalue weighted by atomic mass is 9.81. The van der Waals surface area contributed by atoms with Crippen molar-refractivity contribution in [2.45, 2.75) is 46.1 Å². The standard InChI is InChI=1S/C19H21ClN2O2/c1-11-14(10-21)17(13-8-6-7-9-15(13)20)16(12(2)22-11)18(23)24-19(3,4)5/h6-9,17,22H,1-5H3. The molecule has 0 amide bonds. The van der Waals surface area contributed by atoms with Gasteiger partial charge < -0.3 is 10.1 Å². The number of carbonyl (C=O) groups is 1. The first-order chi connectivity index (χ1) is 11.2. The Hall–Kier alpha value is -2.25. The number of allylic oxidation sites excluding steroid dienone is 3. The molecular weight excluding hydrogens is 324 g/mol. The highest BCUT2D eigenvalue weighted by molar-refractivity contribution is 6.31. The topological polar surface area (TPSA) is 62.1 Å². The first-order valence-corrected chi connectivity index (χ1v) is 8.10. The number of ether oxygens (including phenoxy) is 1. The fraction of sp³-hybridized carbons (Fsp3) is 0.368. The summed E-state index contributed by atoms with van der Waals surface area (Å²) in [5.74, 6) is -0.988. The highest BCUT2D eigenvalue weighted by Crippen LogP contribution is 2.41. The molecule has 1 aromatic rings. The van der Waals surface area contributed by atoms with E-state index in [0.29, 0.717) is 27.6 Å². The number of hydrogen-bond acceptors (Lipinski definition) is 4. The molecule has 1 atom stereocenters. The molecule has 0 bridgehead atoms. The second-order valence-corrected chi connectivity index (χ2v) is 7.18. The summed E-state index contributed by atoms with van der Waals surface area (Å²) >= 11 is 6.35. The number of benzene rings is 1. The van der Waals surface area contributed by atoms with Crippen molar-refractivity contribution < 1.29 is 9.53 Å². The van der Waals surface area contributed by atoms with Gasteiger partial charge in [-0.3, -0.25) is 0 Å². The maximum absolute atomic E-state index is 12.8. The van der Waals surface area contributed by atoms with Crippen LogP contribution in [0.1, 0.15) is 46.1 Å². The van der Waals surface area contributed by atoms with Crippen LogP contribution in [0.5, 0.6) is 0 Å². The predicted molar refractivity (Wildman–Crippen MR) is 94.2 cm³/mol. The van der Waals surface area contributed by atoms with Gasteiger partial charge in [0.2, 0.25) is 0 Å². The van der Waals surface area contributed by atoms with Crippen molar-refractivity contribution in [3.05, 3.63) is 57.4 Å². The lowest BCUT2D eigenvalue weighted by Crippen LogP contribution is -2.32. The summed E-state index contributed by atoms with van der Waals surface area (Å²) in [6.45, 7) is 9.06. The highest BCUT2D eigenvalue weighted by atomic mass is 35.5. The number of nitrogens with one attached hydrogen (secondary N) is 1. The third kappa shape index (κ3) is 3.63. The number of esters is 1. The van der Waals surface area contributed by atoms with E-state index in [9.17, 15) is 10.1 Å². The van der Waals surface area contributed by atoms with Gasteiger partial charge in [-0.25, -0.2) is 4.79 Å². The lowest BCUT2D eigenvalue weighted by Gasteiger charge is -2.31. The van der Waals surface area contributed by atoms with Crippen molar-refractivity contribution in [1.29, 1.82) is 5.26 Å². The first-order valence-electron chi connectivity index (χ1n) is 7.72. The summed E-state index contributed by atoms with van der Waals surface area (Å²) in [5, 5.41) is 13.3. The number of hydrogen-bond donors (Lipinski definition) is 1. The quantitative estimate of drug-likeness (QED) is 0.805.